The monoisotopic (exact) mass is 747 g/mol. The number of ether oxygens (including phenoxy) is 5. The Morgan fingerprint density at radius 3 is 2.28 bits per heavy atom. The van der Waals surface area contributed by atoms with Crippen LogP contribution in [0.25, 0.3) is 0 Å². The van der Waals surface area contributed by atoms with Gasteiger partial charge >= 0.3 is 5.97 Å². The molecule has 0 saturated carbocycles. The number of methoxy groups -OCH3 is 2. The molecule has 4 aliphatic rings. The molecular weight excluding hydrogens is 682 g/mol. The van der Waals surface area contributed by atoms with E-state index >= 15 is 0 Å². The van der Waals surface area contributed by atoms with E-state index in [-0.39, 0.29) is 49.3 Å². The van der Waals surface area contributed by atoms with Gasteiger partial charge in [-0.25, -0.2) is 4.79 Å². The van der Waals surface area contributed by atoms with Gasteiger partial charge in [0.25, 0.3) is 11.7 Å². The molecule has 0 aromatic carbocycles. The number of hydrogen-bond acceptors (Lipinski definition) is 11. The highest BCUT2D eigenvalue weighted by atomic mass is 16.7. The Balaban J connectivity index is 1.76. The van der Waals surface area contributed by atoms with Crippen molar-refractivity contribution in [2.45, 2.75) is 148 Å². The number of ketones is 2. The van der Waals surface area contributed by atoms with Crippen molar-refractivity contribution in [1.29, 1.82) is 0 Å². The van der Waals surface area contributed by atoms with Gasteiger partial charge in [0.1, 0.15) is 18.2 Å². The van der Waals surface area contributed by atoms with Crippen LogP contribution in [0.2, 0.25) is 0 Å². The summed E-state index contributed by atoms with van der Waals surface area (Å²) in [7, 11) is 3.08. The molecule has 53 heavy (non-hydrogen) atoms. The van der Waals surface area contributed by atoms with E-state index in [1.807, 2.05) is 26.8 Å². The van der Waals surface area contributed by atoms with Crippen molar-refractivity contribution in [3.8, 4) is 0 Å². The lowest BCUT2D eigenvalue weighted by Gasteiger charge is -2.47. The van der Waals surface area contributed by atoms with Gasteiger partial charge in [0.05, 0.1) is 18.3 Å². The number of esters is 1. The van der Waals surface area contributed by atoms with E-state index in [4.69, 9.17) is 23.7 Å². The summed E-state index contributed by atoms with van der Waals surface area (Å²) in [6.45, 7) is 12.7. The molecule has 12 nitrogen and oxygen atoms in total. The van der Waals surface area contributed by atoms with Crippen LogP contribution in [0.5, 0.6) is 0 Å². The summed E-state index contributed by atoms with van der Waals surface area (Å²) >= 11 is 0. The van der Waals surface area contributed by atoms with E-state index < -0.39 is 71.8 Å². The van der Waals surface area contributed by atoms with E-state index in [1.165, 1.54) is 4.90 Å². The third kappa shape index (κ3) is 10.4. The molecule has 2 N–H and O–H groups in total. The maximum Gasteiger partial charge on any atom is 0.329 e. The lowest BCUT2D eigenvalue weighted by molar-refractivity contribution is -0.302. The van der Waals surface area contributed by atoms with Gasteiger partial charge in [-0.2, -0.15) is 0 Å². The number of allylic oxidation sites excluding steroid dienone is 3. The third-order valence-corrected chi connectivity index (χ3v) is 12.0. The van der Waals surface area contributed by atoms with Gasteiger partial charge in [0, 0.05) is 52.2 Å². The van der Waals surface area contributed by atoms with Gasteiger partial charge in [0.15, 0.2) is 5.78 Å². The molecular formula is C41H65NO11. The Kier molecular flexibility index (Phi) is 15.8. The molecule has 0 radical (unpaired) electrons. The number of cyclic esters (lactones) is 1. The largest absolute Gasteiger partial charge is 0.456 e. The van der Waals surface area contributed by atoms with Crippen molar-refractivity contribution in [3.63, 3.8) is 0 Å². The van der Waals surface area contributed by atoms with E-state index in [0.717, 1.165) is 18.4 Å². The summed E-state index contributed by atoms with van der Waals surface area (Å²) in [6, 6.07) is -1.09. The normalized spacial score (nSPS) is 39.4. The fraction of sp³-hybridized carbons (Fsp3) is 0.805. The van der Waals surface area contributed by atoms with Crippen LogP contribution in [0.1, 0.15) is 106 Å². The Hall–Kier alpha value is -2.48. The zero-order chi connectivity index (χ0) is 39.0. The smallest absolute Gasteiger partial charge is 0.329 e. The van der Waals surface area contributed by atoms with E-state index in [0.29, 0.717) is 50.9 Å². The number of carbonyl (C=O) groups is 4. The number of fused-ring (bicyclic) bond motifs is 3. The SMILES string of the molecule is CC/C1=C\C(C)CC(C)CC(OC)C2OC(O)(C(=O)C(=O)N3CCCCC3C(=O)OC(C(C)=CC3CCOCC3)C(C)C(O)CC1=O)C(C)CC2OC. The minimum absolute atomic E-state index is 0.0162. The van der Waals surface area contributed by atoms with Gasteiger partial charge in [0.2, 0.25) is 5.79 Å². The number of Topliss-reactive ketones (excluding diaryl/α,β-unsaturated/α-hetero) is 2. The molecule has 11 unspecified atom stereocenters. The highest BCUT2D eigenvalue weighted by Gasteiger charge is 2.56. The van der Waals surface area contributed by atoms with Crippen molar-refractivity contribution in [3.05, 3.63) is 23.3 Å². The maximum atomic E-state index is 14.2. The first-order valence-electron chi connectivity index (χ1n) is 19.8. The zero-order valence-corrected chi connectivity index (χ0v) is 33.2. The Morgan fingerprint density at radius 1 is 0.981 bits per heavy atom. The van der Waals surface area contributed by atoms with Crippen LogP contribution in [0, 0.1) is 29.6 Å². The van der Waals surface area contributed by atoms with Crippen LogP contribution in [-0.4, -0.2) is 115 Å². The zero-order valence-electron chi connectivity index (χ0n) is 33.2. The van der Waals surface area contributed by atoms with Crippen LogP contribution >= 0.6 is 0 Å². The Bertz CT molecular complexity index is 1340. The third-order valence-electron chi connectivity index (χ3n) is 12.0. The van der Waals surface area contributed by atoms with E-state index in [9.17, 15) is 29.4 Å². The van der Waals surface area contributed by atoms with Gasteiger partial charge in [-0.15, -0.1) is 0 Å². The number of hydrogen-bond donors (Lipinski definition) is 2. The molecule has 3 fully saturated rings. The first-order valence-corrected chi connectivity index (χ1v) is 19.8. The number of piperidine rings is 1. The van der Waals surface area contributed by atoms with Crippen molar-refractivity contribution >= 4 is 23.4 Å². The summed E-state index contributed by atoms with van der Waals surface area (Å²) in [5.74, 6) is -6.66. The van der Waals surface area contributed by atoms with Crippen molar-refractivity contribution in [1.82, 2.24) is 4.90 Å². The number of carbonyl (C=O) groups excluding carboxylic acids is 4. The predicted molar refractivity (Wildman–Crippen MR) is 197 cm³/mol. The van der Waals surface area contributed by atoms with Crippen LogP contribution in [0.15, 0.2) is 23.3 Å². The van der Waals surface area contributed by atoms with Crippen molar-refractivity contribution in [2.75, 3.05) is 34.0 Å². The highest BCUT2D eigenvalue weighted by molar-refractivity contribution is 6.39. The molecule has 300 valence electrons. The summed E-state index contributed by atoms with van der Waals surface area (Å²) < 4.78 is 29.7. The topological polar surface area (TPSA) is 158 Å². The quantitative estimate of drug-likeness (QED) is 0.228. The number of rotatable bonds is 5. The molecule has 0 aliphatic carbocycles. The van der Waals surface area contributed by atoms with Gasteiger partial charge < -0.3 is 38.8 Å². The molecule has 3 saturated heterocycles. The average Bonchev–Trinajstić information content (AvgIpc) is 3.14. The fourth-order valence-electron chi connectivity index (χ4n) is 8.76. The molecule has 4 rings (SSSR count). The molecule has 12 heteroatoms. The number of nitrogens with zero attached hydrogens (tertiary/aromatic N) is 1. The van der Waals surface area contributed by atoms with Gasteiger partial charge in [-0.3, -0.25) is 14.4 Å². The number of amides is 1. The minimum Gasteiger partial charge on any atom is -0.456 e. The van der Waals surface area contributed by atoms with Gasteiger partial charge in [-0.1, -0.05) is 46.8 Å². The van der Waals surface area contributed by atoms with Crippen LogP contribution in [0.3, 0.4) is 0 Å². The first-order chi connectivity index (χ1) is 25.1. The molecule has 1 amide bonds. The summed E-state index contributed by atoms with van der Waals surface area (Å²) in [6.07, 6.45) is 4.93. The summed E-state index contributed by atoms with van der Waals surface area (Å²) in [4.78, 5) is 57.3. The summed E-state index contributed by atoms with van der Waals surface area (Å²) in [5, 5.41) is 23.5. The second-order valence-electron chi connectivity index (χ2n) is 16.2. The Labute approximate surface area is 315 Å². The molecule has 0 aromatic rings. The molecule has 4 aliphatic heterocycles. The second-order valence-corrected chi connectivity index (χ2v) is 16.2. The molecule has 0 aromatic heterocycles. The highest BCUT2D eigenvalue weighted by Crippen LogP contribution is 2.39. The van der Waals surface area contributed by atoms with Crippen LogP contribution in [-0.2, 0) is 42.9 Å². The second kappa shape index (κ2) is 19.4. The number of aliphatic hydroxyl groups excluding tert-OH is 1. The lowest BCUT2D eigenvalue weighted by Crippen LogP contribution is -2.64. The minimum atomic E-state index is -2.47. The number of aliphatic hydroxyl groups is 2. The molecule has 11 atom stereocenters. The van der Waals surface area contributed by atoms with Crippen molar-refractivity contribution in [2.24, 2.45) is 29.6 Å². The van der Waals surface area contributed by atoms with Gasteiger partial charge in [-0.05, 0) is 93.6 Å². The van der Waals surface area contributed by atoms with Crippen LogP contribution < -0.4 is 0 Å². The fourth-order valence-corrected chi connectivity index (χ4v) is 8.76. The molecule has 2 bridgehead atoms. The molecule has 4 heterocycles. The summed E-state index contributed by atoms with van der Waals surface area (Å²) in [5.41, 5.74) is 1.38. The van der Waals surface area contributed by atoms with E-state index in [2.05, 4.69) is 13.0 Å². The van der Waals surface area contributed by atoms with Crippen LogP contribution in [0.4, 0.5) is 0 Å². The predicted octanol–water partition coefficient (Wildman–Crippen LogP) is 4.72. The lowest BCUT2D eigenvalue weighted by atomic mass is 9.81. The maximum absolute atomic E-state index is 14.2. The average molecular weight is 748 g/mol. The Morgan fingerprint density at radius 2 is 1.64 bits per heavy atom. The molecule has 0 spiro atoms. The standard InChI is InChI=1S/C41H65NO11/c1-9-30-19-24(2)18-25(3)20-34(49-7)37-35(50-8)22-27(5)41(48,53-37)38(45)39(46)42-15-11-10-12-31(42)40(47)52-36(28(6)32(43)23-33(30)44)26(4)21-29-13-16-51-17-14-29/h19,21,24-25,27-29,31-32,34-37,43,48H,9-18,20,22-23H2,1-8H3/b26-21?,30-19+. The van der Waals surface area contributed by atoms with Crippen molar-refractivity contribution < 1.29 is 53.1 Å². The first kappa shape index (κ1) is 43.3. The van der Waals surface area contributed by atoms with E-state index in [1.54, 1.807) is 28.1 Å².